The number of carbonyl (C=O) groups excluding carboxylic acids is 2. The Morgan fingerprint density at radius 2 is 1.22 bits per heavy atom. The van der Waals surface area contributed by atoms with Crippen LogP contribution < -0.4 is 16.3 Å². The molecule has 3 rings (SSSR count). The molecule has 3 aromatic rings. The first-order valence-electron chi connectivity index (χ1n) is 10.0. The molecular weight excluding hydrogens is 421 g/mol. The van der Waals surface area contributed by atoms with Gasteiger partial charge in [0.15, 0.2) is 0 Å². The third-order valence-corrected chi connectivity index (χ3v) is 5.12. The first kappa shape index (κ1) is 24.8. The molecule has 0 saturated heterocycles. The first-order valence-corrected chi connectivity index (χ1v) is 11.0. The number of hydrogen-bond donors (Lipinski definition) is 2. The maximum absolute atomic E-state index is 12.1. The van der Waals surface area contributed by atoms with Crippen LogP contribution in [0, 0.1) is 5.41 Å². The fraction of sp³-hybridized carbons (Fsp3) is 0.160. The predicted octanol–water partition coefficient (Wildman–Crippen LogP) is 4.27. The Hall–Kier alpha value is -3.50. The zero-order valence-electron chi connectivity index (χ0n) is 18.4. The summed E-state index contributed by atoms with van der Waals surface area (Å²) >= 11 is 0. The normalized spacial score (nSPS) is 10.3. The van der Waals surface area contributed by atoms with E-state index in [1.165, 1.54) is 22.7 Å². The van der Waals surface area contributed by atoms with Crippen molar-refractivity contribution >= 4 is 37.1 Å². The summed E-state index contributed by atoms with van der Waals surface area (Å²) in [7, 11) is 0.777. The molecule has 0 saturated carbocycles. The fourth-order valence-corrected chi connectivity index (χ4v) is 3.57. The molecule has 7 heteroatoms. The molecule has 0 atom stereocenters. The molecule has 3 N–H and O–H groups in total. The van der Waals surface area contributed by atoms with E-state index in [9.17, 15) is 9.59 Å². The zero-order chi connectivity index (χ0) is 23.6. The van der Waals surface area contributed by atoms with Crippen molar-refractivity contribution in [3.05, 3.63) is 96.6 Å². The van der Waals surface area contributed by atoms with Gasteiger partial charge in [0.25, 0.3) is 5.91 Å². The van der Waals surface area contributed by atoms with Gasteiger partial charge < -0.3 is 10.5 Å². The van der Waals surface area contributed by atoms with Crippen molar-refractivity contribution in [3.8, 4) is 0 Å². The van der Waals surface area contributed by atoms with E-state index in [0.29, 0.717) is 4.90 Å². The molecular formula is C25H28N3O3P. The largest absolute Gasteiger partial charge is 0.443 e. The van der Waals surface area contributed by atoms with Crippen LogP contribution in [0.5, 0.6) is 0 Å². The topological polar surface area (TPSA) is 96.5 Å². The lowest BCUT2D eigenvalue weighted by Gasteiger charge is -2.24. The number of ether oxygens (including phenoxy) is 1. The average Bonchev–Trinajstić information content (AvgIpc) is 2.75. The summed E-state index contributed by atoms with van der Waals surface area (Å²) in [6.45, 7) is 4.99. The van der Waals surface area contributed by atoms with Gasteiger partial charge in [-0.3, -0.25) is 10.2 Å². The summed E-state index contributed by atoms with van der Waals surface area (Å²) < 4.78 is 5.05. The van der Waals surface area contributed by atoms with Crippen LogP contribution in [-0.4, -0.2) is 28.5 Å². The Morgan fingerprint density at radius 1 is 0.812 bits per heavy atom. The van der Waals surface area contributed by atoms with Crippen molar-refractivity contribution in [3.63, 3.8) is 0 Å². The summed E-state index contributed by atoms with van der Waals surface area (Å²) in [5.74, 6) is -1.37. The van der Waals surface area contributed by atoms with Gasteiger partial charge in [-0.2, -0.15) is 4.90 Å². The second-order valence-corrected chi connectivity index (χ2v) is 9.13. The number of carbonyl (C=O) groups is 2. The van der Waals surface area contributed by atoms with Crippen molar-refractivity contribution < 1.29 is 14.3 Å². The highest BCUT2D eigenvalue weighted by Gasteiger charge is 2.30. The molecule has 32 heavy (non-hydrogen) atoms. The van der Waals surface area contributed by atoms with Gasteiger partial charge in [0.1, 0.15) is 5.60 Å². The van der Waals surface area contributed by atoms with Gasteiger partial charge >= 0.3 is 6.09 Å². The summed E-state index contributed by atoms with van der Waals surface area (Å²) in [5.41, 5.74) is 4.76. The maximum atomic E-state index is 12.1. The van der Waals surface area contributed by atoms with E-state index in [0.717, 1.165) is 8.58 Å². The van der Waals surface area contributed by atoms with Crippen LogP contribution in [0.15, 0.2) is 91.0 Å². The highest BCUT2D eigenvalue weighted by Crippen LogP contribution is 2.12. The minimum Gasteiger partial charge on any atom is -0.443 e. The minimum absolute atomic E-state index is 0.253. The van der Waals surface area contributed by atoms with Crippen LogP contribution in [0.3, 0.4) is 0 Å². The smallest absolute Gasteiger partial charge is 0.424 e. The van der Waals surface area contributed by atoms with Crippen LogP contribution in [0.25, 0.3) is 0 Å². The number of nitrogens with zero attached hydrogens (tertiary/aromatic N) is 1. The zero-order valence-corrected chi connectivity index (χ0v) is 19.4. The summed E-state index contributed by atoms with van der Waals surface area (Å²) in [6, 6.07) is 29.3. The molecule has 0 bridgehead atoms. The number of rotatable bonds is 3. The minimum atomic E-state index is -0.964. The van der Waals surface area contributed by atoms with E-state index in [1.54, 1.807) is 39.0 Å². The van der Waals surface area contributed by atoms with E-state index in [2.05, 4.69) is 60.7 Å². The Bertz CT molecular complexity index is 983. The fourth-order valence-electron chi connectivity index (χ4n) is 2.52. The highest BCUT2D eigenvalue weighted by atomic mass is 31.1. The number of amides is 2. The molecule has 0 aromatic heterocycles. The van der Waals surface area contributed by atoms with Crippen LogP contribution in [-0.2, 0) is 4.74 Å². The van der Waals surface area contributed by atoms with Crippen molar-refractivity contribution in [2.24, 2.45) is 5.73 Å². The predicted molar refractivity (Wildman–Crippen MR) is 131 cm³/mol. The second kappa shape index (κ2) is 11.8. The average molecular weight is 449 g/mol. The molecule has 0 unspecified atom stereocenters. The van der Waals surface area contributed by atoms with Gasteiger partial charge in [-0.1, -0.05) is 87.4 Å². The Balaban J connectivity index is 0.000000242. The summed E-state index contributed by atoms with van der Waals surface area (Å²) in [6.07, 6.45) is -0.964. The third kappa shape index (κ3) is 8.32. The number of hydrogen-bond acceptors (Lipinski definition) is 4. The van der Waals surface area contributed by atoms with Crippen molar-refractivity contribution in [1.29, 1.82) is 5.41 Å². The molecule has 166 valence electrons. The summed E-state index contributed by atoms with van der Waals surface area (Å²) in [5, 5.41) is 10.1. The van der Waals surface area contributed by atoms with E-state index in [-0.39, 0.29) is 5.56 Å². The molecule has 0 heterocycles. The number of nitrogens with one attached hydrogen (secondary N) is 1. The van der Waals surface area contributed by atoms with E-state index >= 15 is 0 Å². The molecule has 0 fully saturated rings. The number of guanidine groups is 1. The maximum Gasteiger partial charge on any atom is 0.424 e. The van der Waals surface area contributed by atoms with Crippen molar-refractivity contribution in [1.82, 2.24) is 4.90 Å². The van der Waals surface area contributed by atoms with Gasteiger partial charge in [0.05, 0.1) is 0 Å². The van der Waals surface area contributed by atoms with Crippen LogP contribution in [0.1, 0.15) is 31.1 Å². The molecule has 0 aliphatic carbocycles. The van der Waals surface area contributed by atoms with Gasteiger partial charge in [-0.25, -0.2) is 4.79 Å². The molecule has 3 aromatic carbocycles. The van der Waals surface area contributed by atoms with E-state index in [4.69, 9.17) is 15.9 Å². The third-order valence-electron chi connectivity index (χ3n) is 3.88. The molecule has 0 radical (unpaired) electrons. The quantitative estimate of drug-likeness (QED) is 0.355. The summed E-state index contributed by atoms with van der Waals surface area (Å²) in [4.78, 5) is 24.5. The molecule has 6 nitrogen and oxygen atoms in total. The van der Waals surface area contributed by atoms with E-state index < -0.39 is 23.6 Å². The lowest BCUT2D eigenvalue weighted by atomic mass is 10.2. The lowest BCUT2D eigenvalue weighted by molar-refractivity contribution is 0.0348. The van der Waals surface area contributed by atoms with Crippen molar-refractivity contribution in [2.45, 2.75) is 26.4 Å². The van der Waals surface area contributed by atoms with Gasteiger partial charge in [0.2, 0.25) is 5.96 Å². The Morgan fingerprint density at radius 3 is 1.59 bits per heavy atom. The second-order valence-electron chi connectivity index (χ2n) is 7.73. The number of nitrogens with two attached hydrogens (primary N) is 1. The molecule has 0 aliphatic heterocycles. The standard InChI is InChI=1S/C13H17N3O3.C12H11P/c1-13(2,3)19-12(18)16(11(14)15)10(17)9-7-5-4-6-8-9;1-3-7-11(8-4-1)13-12-9-5-2-6-10-12/h4-8H,1-3H3,(H3,14,15);1-10,13H. The van der Waals surface area contributed by atoms with Gasteiger partial charge in [-0.05, 0) is 43.5 Å². The molecule has 0 spiro atoms. The van der Waals surface area contributed by atoms with Crippen LogP contribution in [0.4, 0.5) is 4.79 Å². The van der Waals surface area contributed by atoms with Gasteiger partial charge in [-0.15, -0.1) is 0 Å². The molecule has 0 aliphatic rings. The Kier molecular flexibility index (Phi) is 9.11. The van der Waals surface area contributed by atoms with Crippen LogP contribution >= 0.6 is 8.58 Å². The number of imide groups is 1. The molecule has 2 amide bonds. The van der Waals surface area contributed by atoms with E-state index in [1.807, 2.05) is 0 Å². The van der Waals surface area contributed by atoms with Gasteiger partial charge in [0, 0.05) is 5.56 Å². The Labute approximate surface area is 190 Å². The number of benzene rings is 3. The monoisotopic (exact) mass is 449 g/mol. The first-order chi connectivity index (χ1) is 15.2. The lowest BCUT2D eigenvalue weighted by Crippen LogP contribution is -2.47. The highest BCUT2D eigenvalue weighted by molar-refractivity contribution is 7.55. The SMILES string of the molecule is CC(C)(C)OC(=O)N(C(=N)N)C(=O)c1ccccc1.c1ccc(Pc2ccccc2)cc1. The van der Waals surface area contributed by atoms with Crippen LogP contribution in [0.2, 0.25) is 0 Å². The van der Waals surface area contributed by atoms with Crippen molar-refractivity contribution in [2.75, 3.05) is 0 Å².